The Morgan fingerprint density at radius 3 is 2.42 bits per heavy atom. The number of aryl methyl sites for hydroxylation is 2. The first-order valence-electron chi connectivity index (χ1n) is 8.67. The van der Waals surface area contributed by atoms with E-state index >= 15 is 0 Å². The highest BCUT2D eigenvalue weighted by Crippen LogP contribution is 2.32. The molecule has 7 heteroatoms. The van der Waals surface area contributed by atoms with Crippen molar-refractivity contribution in [3.05, 3.63) is 34.8 Å². The molecule has 1 aliphatic heterocycles. The normalized spacial score (nSPS) is 14.3. The summed E-state index contributed by atoms with van der Waals surface area (Å²) in [7, 11) is 0. The summed E-state index contributed by atoms with van der Waals surface area (Å²) in [4.78, 5) is 14.0. The molecule has 0 aliphatic carbocycles. The van der Waals surface area contributed by atoms with Gasteiger partial charge >= 0.3 is 6.09 Å². The molecule has 2 N–H and O–H groups in total. The predicted octanol–water partition coefficient (Wildman–Crippen LogP) is 3.64. The third kappa shape index (κ3) is 3.38. The monoisotopic (exact) mass is 360 g/mol. The number of nitrogens with zero attached hydrogens (tertiary/aromatic N) is 3. The minimum absolute atomic E-state index is 0.215. The molecule has 1 aromatic carbocycles. The third-order valence-electron chi connectivity index (χ3n) is 4.38. The summed E-state index contributed by atoms with van der Waals surface area (Å²) < 4.78 is 21.2. The van der Waals surface area contributed by atoms with Gasteiger partial charge in [0.2, 0.25) is 0 Å². The van der Waals surface area contributed by atoms with Gasteiger partial charge in [0.25, 0.3) is 0 Å². The Morgan fingerprint density at radius 2 is 1.85 bits per heavy atom. The van der Waals surface area contributed by atoms with Crippen LogP contribution in [0.1, 0.15) is 37.6 Å². The van der Waals surface area contributed by atoms with Crippen LogP contribution in [0.4, 0.5) is 14.9 Å². The molecule has 0 saturated carbocycles. The molecule has 0 radical (unpaired) electrons. The van der Waals surface area contributed by atoms with Crippen LogP contribution in [0.5, 0.6) is 0 Å². The molecule has 2 heterocycles. The maximum Gasteiger partial charge on any atom is 0.410 e. The van der Waals surface area contributed by atoms with E-state index in [-0.39, 0.29) is 11.9 Å². The first-order chi connectivity index (χ1) is 12.1. The fraction of sp³-hybridized carbons (Fsp3) is 0.474. The van der Waals surface area contributed by atoms with Crippen molar-refractivity contribution in [2.75, 3.05) is 12.3 Å². The molecule has 0 bridgehead atoms. The maximum atomic E-state index is 13.9. The van der Waals surface area contributed by atoms with Crippen LogP contribution in [0.2, 0.25) is 0 Å². The number of benzene rings is 1. The van der Waals surface area contributed by atoms with Gasteiger partial charge in [0.15, 0.2) is 0 Å². The predicted molar refractivity (Wildman–Crippen MR) is 98.2 cm³/mol. The number of amides is 1. The standard InChI is InChI=1S/C19H25FN4O2/c1-11-8-13(9-12(2)15(11)20)17-16(21)14-10-23(6-7-24(14)22-17)18(25)26-19(3,4)5/h8-9H,6-7,10,21H2,1-5H3. The zero-order chi connectivity index (χ0) is 19.2. The van der Waals surface area contributed by atoms with Gasteiger partial charge in [-0.2, -0.15) is 5.10 Å². The number of ether oxygens (including phenoxy) is 1. The number of aromatic nitrogens is 2. The van der Waals surface area contributed by atoms with Gasteiger partial charge in [-0.3, -0.25) is 4.68 Å². The number of fused-ring (bicyclic) bond motifs is 1. The van der Waals surface area contributed by atoms with Gasteiger partial charge in [-0.1, -0.05) is 0 Å². The van der Waals surface area contributed by atoms with E-state index in [1.165, 1.54) is 0 Å². The largest absolute Gasteiger partial charge is 0.444 e. The smallest absolute Gasteiger partial charge is 0.410 e. The lowest BCUT2D eigenvalue weighted by Gasteiger charge is -2.30. The van der Waals surface area contributed by atoms with E-state index in [0.717, 1.165) is 11.3 Å². The number of halogens is 1. The SMILES string of the molecule is Cc1cc(-c2nn3c(c2N)CN(C(=O)OC(C)(C)C)CC3)cc(C)c1F. The molecule has 2 aromatic rings. The van der Waals surface area contributed by atoms with Crippen LogP contribution in [-0.4, -0.2) is 32.9 Å². The van der Waals surface area contributed by atoms with Crippen molar-refractivity contribution < 1.29 is 13.9 Å². The van der Waals surface area contributed by atoms with E-state index in [1.807, 2.05) is 25.5 Å². The topological polar surface area (TPSA) is 73.4 Å². The Morgan fingerprint density at radius 1 is 1.23 bits per heavy atom. The molecule has 0 spiro atoms. The Kier molecular flexibility index (Phi) is 4.42. The van der Waals surface area contributed by atoms with E-state index in [4.69, 9.17) is 10.5 Å². The molecule has 0 atom stereocenters. The van der Waals surface area contributed by atoms with E-state index in [9.17, 15) is 9.18 Å². The number of hydrogen-bond donors (Lipinski definition) is 1. The van der Waals surface area contributed by atoms with Crippen LogP contribution in [-0.2, 0) is 17.8 Å². The van der Waals surface area contributed by atoms with Crippen LogP contribution in [0.15, 0.2) is 12.1 Å². The second-order valence-corrected chi connectivity index (χ2v) is 7.76. The highest BCUT2D eigenvalue weighted by molar-refractivity contribution is 5.76. The fourth-order valence-corrected chi connectivity index (χ4v) is 3.12. The molecule has 26 heavy (non-hydrogen) atoms. The van der Waals surface area contributed by atoms with Gasteiger partial charge in [0.05, 0.1) is 24.5 Å². The number of anilines is 1. The summed E-state index contributed by atoms with van der Waals surface area (Å²) in [5, 5.41) is 4.59. The number of hydrogen-bond acceptors (Lipinski definition) is 4. The Bertz CT molecular complexity index is 844. The second-order valence-electron chi connectivity index (χ2n) is 7.76. The summed E-state index contributed by atoms with van der Waals surface area (Å²) in [5.41, 5.74) is 9.59. The molecule has 140 valence electrons. The molecular formula is C19H25FN4O2. The quantitative estimate of drug-likeness (QED) is 0.843. The van der Waals surface area contributed by atoms with Crippen molar-refractivity contribution in [3.8, 4) is 11.3 Å². The Labute approximate surface area is 152 Å². The van der Waals surface area contributed by atoms with Gasteiger partial charge in [-0.15, -0.1) is 0 Å². The number of carbonyl (C=O) groups excluding carboxylic acids is 1. The number of nitrogen functional groups attached to an aromatic ring is 1. The average Bonchev–Trinajstić information content (AvgIpc) is 2.87. The van der Waals surface area contributed by atoms with E-state index in [2.05, 4.69) is 5.10 Å². The van der Waals surface area contributed by atoms with Crippen LogP contribution in [0.3, 0.4) is 0 Å². The van der Waals surface area contributed by atoms with E-state index in [0.29, 0.717) is 42.1 Å². The minimum atomic E-state index is -0.547. The fourth-order valence-electron chi connectivity index (χ4n) is 3.12. The molecule has 1 aliphatic rings. The molecule has 0 fully saturated rings. The molecule has 0 unspecified atom stereocenters. The zero-order valence-electron chi connectivity index (χ0n) is 15.9. The number of carbonyl (C=O) groups is 1. The van der Waals surface area contributed by atoms with Crippen molar-refractivity contribution in [2.24, 2.45) is 0 Å². The van der Waals surface area contributed by atoms with Crippen molar-refractivity contribution in [1.29, 1.82) is 0 Å². The highest BCUT2D eigenvalue weighted by Gasteiger charge is 2.29. The lowest BCUT2D eigenvalue weighted by atomic mass is 10.0. The van der Waals surface area contributed by atoms with Gasteiger partial charge in [-0.25, -0.2) is 9.18 Å². The number of nitrogens with two attached hydrogens (primary N) is 1. The van der Waals surface area contributed by atoms with Crippen molar-refractivity contribution in [1.82, 2.24) is 14.7 Å². The Hall–Kier alpha value is -2.57. The molecule has 3 rings (SSSR count). The summed E-state index contributed by atoms with van der Waals surface area (Å²) in [6.07, 6.45) is -0.362. The minimum Gasteiger partial charge on any atom is -0.444 e. The van der Waals surface area contributed by atoms with Crippen LogP contribution >= 0.6 is 0 Å². The van der Waals surface area contributed by atoms with Crippen molar-refractivity contribution in [3.63, 3.8) is 0 Å². The van der Waals surface area contributed by atoms with Crippen LogP contribution in [0.25, 0.3) is 11.3 Å². The van der Waals surface area contributed by atoms with E-state index < -0.39 is 5.60 Å². The molecule has 6 nitrogen and oxygen atoms in total. The summed E-state index contributed by atoms with van der Waals surface area (Å²) >= 11 is 0. The lowest BCUT2D eigenvalue weighted by molar-refractivity contribution is 0.0195. The van der Waals surface area contributed by atoms with Crippen molar-refractivity contribution in [2.45, 2.75) is 53.3 Å². The number of rotatable bonds is 1. The van der Waals surface area contributed by atoms with E-state index in [1.54, 1.807) is 30.9 Å². The average molecular weight is 360 g/mol. The highest BCUT2D eigenvalue weighted by atomic mass is 19.1. The second kappa shape index (κ2) is 6.30. The van der Waals surface area contributed by atoms with Crippen molar-refractivity contribution >= 4 is 11.8 Å². The lowest BCUT2D eigenvalue weighted by Crippen LogP contribution is -2.41. The molecule has 1 aromatic heterocycles. The Balaban J connectivity index is 1.91. The molecular weight excluding hydrogens is 335 g/mol. The maximum absolute atomic E-state index is 13.9. The summed E-state index contributed by atoms with van der Waals surface area (Å²) in [5.74, 6) is -0.215. The van der Waals surface area contributed by atoms with Gasteiger partial charge in [0, 0.05) is 12.1 Å². The van der Waals surface area contributed by atoms with Gasteiger partial charge in [0.1, 0.15) is 17.1 Å². The first kappa shape index (κ1) is 18.2. The first-order valence-corrected chi connectivity index (χ1v) is 8.67. The van der Waals surface area contributed by atoms with Crippen LogP contribution < -0.4 is 5.73 Å². The molecule has 1 amide bonds. The molecule has 0 saturated heterocycles. The zero-order valence-corrected chi connectivity index (χ0v) is 15.9. The van der Waals surface area contributed by atoms with Crippen LogP contribution in [0, 0.1) is 19.7 Å². The third-order valence-corrected chi connectivity index (χ3v) is 4.38. The summed E-state index contributed by atoms with van der Waals surface area (Å²) in [6, 6.07) is 3.50. The van der Waals surface area contributed by atoms with Gasteiger partial charge in [-0.05, 0) is 57.9 Å². The van der Waals surface area contributed by atoms with Gasteiger partial charge < -0.3 is 15.4 Å². The summed E-state index contributed by atoms with van der Waals surface area (Å²) in [6.45, 7) is 10.3.